The van der Waals surface area contributed by atoms with E-state index >= 15 is 0 Å². The van der Waals surface area contributed by atoms with Crippen LogP contribution in [0.2, 0.25) is 0 Å². The van der Waals surface area contributed by atoms with Crippen LogP contribution in [0.25, 0.3) is 0 Å². The normalized spacial score (nSPS) is 24.1. The molecular weight excluding hydrogens is 354 g/mol. The fourth-order valence-corrected chi connectivity index (χ4v) is 2.93. The van der Waals surface area contributed by atoms with Crippen LogP contribution >= 0.6 is 0 Å². The lowest BCUT2D eigenvalue weighted by Gasteiger charge is -2.32. The largest absolute Gasteiger partial charge is 0.496 e. The quantitative estimate of drug-likeness (QED) is 0.779. The van der Waals surface area contributed by atoms with Gasteiger partial charge in [-0.3, -0.25) is 0 Å². The van der Waals surface area contributed by atoms with Gasteiger partial charge in [0.2, 0.25) is 0 Å². The van der Waals surface area contributed by atoms with Gasteiger partial charge in [-0.2, -0.15) is 0 Å². The van der Waals surface area contributed by atoms with Crippen LogP contribution in [0.3, 0.4) is 0 Å². The zero-order valence-corrected chi connectivity index (χ0v) is 18.3. The molecule has 0 spiro atoms. The van der Waals surface area contributed by atoms with E-state index in [1.54, 1.807) is 0 Å². The Bertz CT molecular complexity index is 672. The minimum absolute atomic E-state index is 0.244. The zero-order chi connectivity index (χ0) is 20.8. The van der Waals surface area contributed by atoms with Crippen molar-refractivity contribution in [3.8, 4) is 0 Å². The Morgan fingerprint density at radius 1 is 0.571 bits per heavy atom. The van der Waals surface area contributed by atoms with E-state index in [1.165, 1.54) is 0 Å². The molecule has 28 heavy (non-hydrogen) atoms. The number of hydrogen-bond donors (Lipinski definition) is 2. The van der Waals surface area contributed by atoms with Gasteiger partial charge in [0.15, 0.2) is 0 Å². The zero-order valence-electron chi connectivity index (χ0n) is 18.3. The van der Waals surface area contributed by atoms with Crippen LogP contribution in [0.1, 0.15) is 55.4 Å². The first kappa shape index (κ1) is 21.2. The molecule has 0 unspecified atom stereocenters. The summed E-state index contributed by atoms with van der Waals surface area (Å²) in [6.45, 7) is 16.4. The number of nitrogens with one attached hydrogen (secondary N) is 2. The van der Waals surface area contributed by atoms with Gasteiger partial charge in [-0.15, -0.1) is 0 Å². The lowest BCUT2D eigenvalue weighted by Crippen LogP contribution is -2.41. The molecule has 0 bridgehead atoms. The maximum atomic E-state index is 5.87. The summed E-state index contributed by atoms with van der Waals surface area (Å²) in [6.07, 6.45) is 7.56. The van der Waals surface area contributed by atoms with Gasteiger partial charge in [0, 0.05) is 24.8 Å². The highest BCUT2D eigenvalue weighted by Gasteiger charge is 2.52. The summed E-state index contributed by atoms with van der Waals surface area (Å²) >= 11 is 0. The van der Waals surface area contributed by atoms with Crippen LogP contribution in [0, 0.1) is 0 Å². The fourth-order valence-electron chi connectivity index (χ4n) is 2.93. The summed E-state index contributed by atoms with van der Waals surface area (Å²) in [7, 11) is -0.488. The van der Waals surface area contributed by atoms with Crippen molar-refractivity contribution < 1.29 is 18.6 Å². The standard InChI is InChI=1S/2C10H16BNO2/c2*1-9(2)10(3,4)14-11(13-9)8-5-6-12-7-8/h2*5-7,12H,1-4H3. The third kappa shape index (κ3) is 3.96. The van der Waals surface area contributed by atoms with Crippen molar-refractivity contribution in [1.29, 1.82) is 0 Å². The summed E-state index contributed by atoms with van der Waals surface area (Å²) in [5.41, 5.74) is 1.07. The first-order valence-electron chi connectivity index (χ1n) is 9.81. The molecule has 0 aliphatic carbocycles. The molecule has 8 heteroatoms. The van der Waals surface area contributed by atoms with Crippen molar-refractivity contribution in [2.45, 2.75) is 77.8 Å². The van der Waals surface area contributed by atoms with Gasteiger partial charge in [-0.05, 0) is 78.4 Å². The molecule has 0 atom stereocenters. The average molecular weight is 386 g/mol. The molecule has 0 saturated carbocycles. The predicted molar refractivity (Wildman–Crippen MR) is 113 cm³/mol. The monoisotopic (exact) mass is 386 g/mol. The molecule has 4 rings (SSSR count). The Labute approximate surface area is 169 Å². The highest BCUT2D eigenvalue weighted by atomic mass is 16.7. The van der Waals surface area contributed by atoms with E-state index in [-0.39, 0.29) is 36.6 Å². The number of aromatic amines is 2. The van der Waals surface area contributed by atoms with E-state index in [9.17, 15) is 0 Å². The molecule has 4 heterocycles. The molecule has 2 aliphatic rings. The Kier molecular flexibility index (Phi) is 5.38. The Balaban J connectivity index is 0.000000161. The third-order valence-corrected chi connectivity index (χ3v) is 6.29. The van der Waals surface area contributed by atoms with E-state index < -0.39 is 0 Å². The van der Waals surface area contributed by atoms with Gasteiger partial charge < -0.3 is 28.6 Å². The van der Waals surface area contributed by atoms with Crippen LogP contribution < -0.4 is 10.9 Å². The van der Waals surface area contributed by atoms with E-state index in [2.05, 4.69) is 65.4 Å². The number of H-pyrrole nitrogens is 2. The van der Waals surface area contributed by atoms with Crippen LogP contribution in [0.4, 0.5) is 0 Å². The van der Waals surface area contributed by atoms with Crippen molar-refractivity contribution >= 4 is 25.2 Å². The van der Waals surface area contributed by atoms with Crippen molar-refractivity contribution in [2.75, 3.05) is 0 Å². The molecule has 2 aliphatic heterocycles. The van der Waals surface area contributed by atoms with Crippen molar-refractivity contribution in [3.63, 3.8) is 0 Å². The Hall–Kier alpha value is -1.47. The maximum absolute atomic E-state index is 5.87. The summed E-state index contributed by atoms with van der Waals surface area (Å²) in [5.74, 6) is 0. The van der Waals surface area contributed by atoms with Crippen LogP contribution in [0.5, 0.6) is 0 Å². The van der Waals surface area contributed by atoms with Crippen molar-refractivity contribution in [1.82, 2.24) is 9.97 Å². The maximum Gasteiger partial charge on any atom is 0.496 e. The summed E-state index contributed by atoms with van der Waals surface area (Å²) < 4.78 is 23.5. The smallest absolute Gasteiger partial charge is 0.399 e. The van der Waals surface area contributed by atoms with E-state index in [4.69, 9.17) is 18.6 Å². The molecule has 2 aromatic heterocycles. The number of rotatable bonds is 2. The first-order valence-corrected chi connectivity index (χ1v) is 9.81. The van der Waals surface area contributed by atoms with Crippen LogP contribution in [-0.2, 0) is 18.6 Å². The first-order chi connectivity index (χ1) is 12.8. The van der Waals surface area contributed by atoms with E-state index in [1.807, 2.05) is 36.9 Å². The van der Waals surface area contributed by atoms with Gasteiger partial charge in [0.1, 0.15) is 0 Å². The van der Waals surface area contributed by atoms with Gasteiger partial charge in [0.25, 0.3) is 0 Å². The molecule has 2 saturated heterocycles. The minimum Gasteiger partial charge on any atom is -0.399 e. The molecule has 2 fully saturated rings. The molecule has 2 N–H and O–H groups in total. The number of hydrogen-bond acceptors (Lipinski definition) is 4. The lowest BCUT2D eigenvalue weighted by atomic mass is 9.81. The van der Waals surface area contributed by atoms with Crippen LogP contribution in [0.15, 0.2) is 36.9 Å². The summed E-state index contributed by atoms with van der Waals surface area (Å²) in [6, 6.07) is 3.95. The van der Waals surface area contributed by atoms with Gasteiger partial charge >= 0.3 is 14.2 Å². The second kappa shape index (κ2) is 7.10. The second-order valence-corrected chi connectivity index (χ2v) is 9.47. The van der Waals surface area contributed by atoms with Gasteiger partial charge in [-0.25, -0.2) is 0 Å². The molecular formula is C20H32B2N2O4. The molecule has 0 radical (unpaired) electrons. The fraction of sp³-hybridized carbons (Fsp3) is 0.600. The third-order valence-electron chi connectivity index (χ3n) is 6.29. The van der Waals surface area contributed by atoms with Crippen molar-refractivity contribution in [3.05, 3.63) is 36.9 Å². The minimum atomic E-state index is -0.255. The topological polar surface area (TPSA) is 68.5 Å². The summed E-state index contributed by atoms with van der Waals surface area (Å²) in [4.78, 5) is 6.00. The molecule has 6 nitrogen and oxygen atoms in total. The van der Waals surface area contributed by atoms with Crippen molar-refractivity contribution in [2.24, 2.45) is 0 Å². The summed E-state index contributed by atoms with van der Waals surface area (Å²) in [5, 5.41) is 0. The molecule has 2 aromatic rings. The average Bonchev–Trinajstić information content (AvgIpc) is 3.31. The predicted octanol–water partition coefficient (Wildman–Crippen LogP) is 2.63. The number of aromatic nitrogens is 2. The lowest BCUT2D eigenvalue weighted by molar-refractivity contribution is 0.00578. The second-order valence-electron chi connectivity index (χ2n) is 9.47. The van der Waals surface area contributed by atoms with Crippen LogP contribution in [-0.4, -0.2) is 46.6 Å². The molecule has 0 amide bonds. The highest BCUT2D eigenvalue weighted by molar-refractivity contribution is 6.62. The van der Waals surface area contributed by atoms with E-state index in [0.29, 0.717) is 0 Å². The highest BCUT2D eigenvalue weighted by Crippen LogP contribution is 2.37. The van der Waals surface area contributed by atoms with E-state index in [0.717, 1.165) is 10.9 Å². The van der Waals surface area contributed by atoms with Gasteiger partial charge in [0.05, 0.1) is 22.4 Å². The van der Waals surface area contributed by atoms with Gasteiger partial charge in [-0.1, -0.05) is 0 Å². The SMILES string of the molecule is CC1(C)OB(c2cc[nH]c2)OC1(C)C.CC1(C)OB(c2cc[nH]c2)OC1(C)C. The molecule has 152 valence electrons. The Morgan fingerprint density at radius 3 is 1.07 bits per heavy atom. The molecule has 0 aromatic carbocycles. The Morgan fingerprint density at radius 2 is 0.857 bits per heavy atom.